The number of nitrogens with two attached hydrogens (primary N) is 1. The molecule has 1 aliphatic carbocycles. The molecule has 3 N–H and O–H groups in total. The smallest absolute Gasteiger partial charge is 0.245 e. The van der Waals surface area contributed by atoms with E-state index in [1.54, 1.807) is 0 Å². The van der Waals surface area contributed by atoms with Crippen LogP contribution in [-0.2, 0) is 16.0 Å². The molecule has 1 aromatic rings. The number of aryl methyl sites for hydroxylation is 1. The first-order valence-electron chi connectivity index (χ1n) is 8.46. The van der Waals surface area contributed by atoms with Crippen LogP contribution in [-0.4, -0.2) is 30.8 Å². The fourth-order valence-electron chi connectivity index (χ4n) is 3.59. The van der Waals surface area contributed by atoms with E-state index in [1.165, 1.54) is 12.1 Å². The van der Waals surface area contributed by atoms with Gasteiger partial charge in [-0.15, -0.1) is 0 Å². The topological polar surface area (TPSA) is 73.6 Å². The summed E-state index contributed by atoms with van der Waals surface area (Å²) in [5.41, 5.74) is 5.96. The van der Waals surface area contributed by atoms with Crippen LogP contribution in [0, 0.1) is 11.2 Å². The molecule has 0 radical (unpaired) electrons. The summed E-state index contributed by atoms with van der Waals surface area (Å²) in [6.07, 6.45) is 1.96. The van der Waals surface area contributed by atoms with Crippen LogP contribution in [0.15, 0.2) is 12.1 Å². The van der Waals surface area contributed by atoms with Gasteiger partial charge in [0.15, 0.2) is 0 Å². The van der Waals surface area contributed by atoms with Gasteiger partial charge in [-0.05, 0) is 31.4 Å². The minimum absolute atomic E-state index is 0.0593. The van der Waals surface area contributed by atoms with Crippen molar-refractivity contribution in [3.8, 4) is 5.75 Å². The zero-order valence-corrected chi connectivity index (χ0v) is 14.4. The van der Waals surface area contributed by atoms with Crippen molar-refractivity contribution in [2.45, 2.75) is 51.7 Å². The lowest BCUT2D eigenvalue weighted by Crippen LogP contribution is -2.74. The second-order valence-electron chi connectivity index (χ2n) is 7.19. The third-order valence-electron chi connectivity index (χ3n) is 5.45. The summed E-state index contributed by atoms with van der Waals surface area (Å²) < 4.78 is 25.1. The van der Waals surface area contributed by atoms with E-state index in [4.69, 9.17) is 15.2 Å². The molecular formula is C18H25FN2O3. The summed E-state index contributed by atoms with van der Waals surface area (Å²) in [7, 11) is 0. The Morgan fingerprint density at radius 3 is 2.92 bits per heavy atom. The van der Waals surface area contributed by atoms with E-state index < -0.39 is 11.0 Å². The predicted molar refractivity (Wildman–Crippen MR) is 89.6 cm³/mol. The third kappa shape index (κ3) is 2.58. The van der Waals surface area contributed by atoms with E-state index in [0.717, 1.165) is 18.4 Å². The maximum atomic E-state index is 13.9. The Labute approximate surface area is 141 Å². The second-order valence-corrected chi connectivity index (χ2v) is 7.19. The molecule has 1 aromatic carbocycles. The van der Waals surface area contributed by atoms with Gasteiger partial charge in [-0.1, -0.05) is 13.8 Å². The van der Waals surface area contributed by atoms with Gasteiger partial charge >= 0.3 is 0 Å². The molecule has 6 heteroatoms. The van der Waals surface area contributed by atoms with Crippen molar-refractivity contribution in [1.82, 2.24) is 0 Å². The summed E-state index contributed by atoms with van der Waals surface area (Å²) in [5.74, 6) is -0.163. The first-order valence-corrected chi connectivity index (χ1v) is 8.46. The Kier molecular flexibility index (Phi) is 4.30. The maximum Gasteiger partial charge on any atom is 0.245 e. The molecule has 1 amide bonds. The normalized spacial score (nSPS) is 27.6. The average Bonchev–Trinajstić information content (AvgIpc) is 2.54. The highest BCUT2D eigenvalue weighted by Gasteiger charge is 2.62. The Balaban J connectivity index is 1.82. The molecule has 2 atom stereocenters. The molecule has 1 aliphatic heterocycles. The number of carbonyl (C=O) groups is 1. The highest BCUT2D eigenvalue weighted by Crippen LogP contribution is 2.50. The number of anilines is 1. The number of benzene rings is 1. The van der Waals surface area contributed by atoms with Crippen LogP contribution >= 0.6 is 0 Å². The number of hydrogen-bond acceptors (Lipinski definition) is 4. The Bertz CT molecular complexity index is 662. The van der Waals surface area contributed by atoms with Crippen molar-refractivity contribution in [2.24, 2.45) is 11.1 Å². The molecule has 0 bridgehead atoms. The number of hydrogen-bond donors (Lipinski definition) is 2. The lowest BCUT2D eigenvalue weighted by atomic mass is 9.54. The molecule has 132 valence electrons. The van der Waals surface area contributed by atoms with E-state index >= 15 is 0 Å². The zero-order valence-electron chi connectivity index (χ0n) is 14.4. The molecule has 1 fully saturated rings. The Morgan fingerprint density at radius 1 is 1.50 bits per heavy atom. The van der Waals surface area contributed by atoms with Gasteiger partial charge in [0.25, 0.3) is 0 Å². The average molecular weight is 336 g/mol. The van der Waals surface area contributed by atoms with Crippen molar-refractivity contribution < 1.29 is 18.7 Å². The predicted octanol–water partition coefficient (Wildman–Crippen LogP) is 2.62. The molecular weight excluding hydrogens is 311 g/mol. The first kappa shape index (κ1) is 17.2. The summed E-state index contributed by atoms with van der Waals surface area (Å²) >= 11 is 0. The lowest BCUT2D eigenvalue weighted by molar-refractivity contribution is -0.166. The SMILES string of the molecule is CCOC1CC(N)(C(=O)Nc2cc(F)cc3c2OCCC3)C1(C)C. The molecule has 0 aromatic heterocycles. The zero-order chi connectivity index (χ0) is 17.5. The first-order chi connectivity index (χ1) is 11.3. The largest absolute Gasteiger partial charge is 0.491 e. The van der Waals surface area contributed by atoms with E-state index in [9.17, 15) is 9.18 Å². The van der Waals surface area contributed by atoms with Gasteiger partial charge in [0, 0.05) is 24.5 Å². The van der Waals surface area contributed by atoms with Crippen LogP contribution in [0.3, 0.4) is 0 Å². The maximum absolute atomic E-state index is 13.9. The summed E-state index contributed by atoms with van der Waals surface area (Å²) in [4.78, 5) is 12.8. The molecule has 0 saturated heterocycles. The van der Waals surface area contributed by atoms with Gasteiger partial charge in [-0.25, -0.2) is 4.39 Å². The quantitative estimate of drug-likeness (QED) is 0.886. The number of rotatable bonds is 4. The highest BCUT2D eigenvalue weighted by atomic mass is 19.1. The Morgan fingerprint density at radius 2 is 2.25 bits per heavy atom. The molecule has 1 heterocycles. The Hall–Kier alpha value is -1.66. The number of ether oxygens (including phenoxy) is 2. The van der Waals surface area contributed by atoms with Crippen LogP contribution in [0.4, 0.5) is 10.1 Å². The highest BCUT2D eigenvalue weighted by molar-refractivity contribution is 6.01. The van der Waals surface area contributed by atoms with Crippen molar-refractivity contribution in [3.05, 3.63) is 23.5 Å². The fraction of sp³-hybridized carbons (Fsp3) is 0.611. The van der Waals surface area contributed by atoms with Gasteiger partial charge in [0.1, 0.15) is 17.1 Å². The minimum Gasteiger partial charge on any atom is -0.491 e. The van der Waals surface area contributed by atoms with Gasteiger partial charge in [0.2, 0.25) is 5.91 Å². The molecule has 3 rings (SSSR count). The number of carbonyl (C=O) groups excluding carboxylic acids is 1. The molecule has 24 heavy (non-hydrogen) atoms. The fourth-order valence-corrected chi connectivity index (χ4v) is 3.59. The van der Waals surface area contributed by atoms with E-state index in [-0.39, 0.29) is 17.8 Å². The van der Waals surface area contributed by atoms with E-state index in [2.05, 4.69) is 5.32 Å². The number of amides is 1. The van der Waals surface area contributed by atoms with E-state index in [0.29, 0.717) is 31.1 Å². The van der Waals surface area contributed by atoms with Gasteiger partial charge < -0.3 is 20.5 Å². The lowest BCUT2D eigenvalue weighted by Gasteiger charge is -2.57. The van der Waals surface area contributed by atoms with E-state index in [1.807, 2.05) is 20.8 Å². The molecule has 5 nitrogen and oxygen atoms in total. The molecule has 0 spiro atoms. The number of nitrogens with one attached hydrogen (secondary N) is 1. The second kappa shape index (κ2) is 6.01. The minimum atomic E-state index is -1.05. The van der Waals surface area contributed by atoms with Gasteiger partial charge in [-0.2, -0.15) is 0 Å². The van der Waals surface area contributed by atoms with Crippen molar-refractivity contribution in [1.29, 1.82) is 0 Å². The number of halogens is 1. The molecule has 2 unspecified atom stereocenters. The monoisotopic (exact) mass is 336 g/mol. The molecule has 1 saturated carbocycles. The standard InChI is InChI=1S/C18H25FN2O3/c1-4-23-14-10-18(20,17(14,2)3)16(22)21-13-9-12(19)8-11-6-5-7-24-15(11)13/h8-9,14H,4-7,10,20H2,1-3H3,(H,21,22). The van der Waals surface area contributed by atoms with Crippen LogP contribution in [0.25, 0.3) is 0 Å². The third-order valence-corrected chi connectivity index (χ3v) is 5.45. The van der Waals surface area contributed by atoms with Crippen molar-refractivity contribution in [2.75, 3.05) is 18.5 Å². The number of fused-ring (bicyclic) bond motifs is 1. The van der Waals surface area contributed by atoms with Crippen LogP contribution in [0.5, 0.6) is 5.75 Å². The molecule has 2 aliphatic rings. The van der Waals surface area contributed by atoms with Gasteiger partial charge in [-0.3, -0.25) is 4.79 Å². The van der Waals surface area contributed by atoms with Crippen LogP contribution in [0.1, 0.15) is 39.2 Å². The summed E-state index contributed by atoms with van der Waals surface area (Å²) in [5, 5.41) is 2.79. The van der Waals surface area contributed by atoms with Crippen LogP contribution in [0.2, 0.25) is 0 Å². The summed E-state index contributed by atoms with van der Waals surface area (Å²) in [6, 6.07) is 2.75. The van der Waals surface area contributed by atoms with Crippen molar-refractivity contribution >= 4 is 11.6 Å². The van der Waals surface area contributed by atoms with Gasteiger partial charge in [0.05, 0.1) is 18.4 Å². The van der Waals surface area contributed by atoms with Crippen LogP contribution < -0.4 is 15.8 Å². The van der Waals surface area contributed by atoms with Crippen molar-refractivity contribution in [3.63, 3.8) is 0 Å². The summed E-state index contributed by atoms with van der Waals surface area (Å²) in [6.45, 7) is 6.91.